The summed E-state index contributed by atoms with van der Waals surface area (Å²) in [5, 5.41) is 3.23. The Morgan fingerprint density at radius 2 is 1.82 bits per heavy atom. The van der Waals surface area contributed by atoms with Gasteiger partial charge in [0.05, 0.1) is 13.8 Å². The third kappa shape index (κ3) is 3.45. The Balaban J connectivity index is 2.81. The molecule has 0 aromatic heterocycles. The van der Waals surface area contributed by atoms with Gasteiger partial charge in [0, 0.05) is 13.7 Å². The molecule has 0 fully saturated rings. The fourth-order valence-corrected chi connectivity index (χ4v) is 2.08. The number of hydrogen-bond donors (Lipinski definition) is 1. The van der Waals surface area contributed by atoms with Crippen LogP contribution in [0.3, 0.4) is 0 Å². The van der Waals surface area contributed by atoms with E-state index in [1.165, 1.54) is 22.3 Å². The standard InChI is InChI=1S/C14H23NO2/c1-10-8-14(17-5)12(3)11(2)13(10)6-7-15-9-16-4/h8,15H,6-7,9H2,1-5H3. The fourth-order valence-electron chi connectivity index (χ4n) is 2.08. The van der Waals surface area contributed by atoms with E-state index in [-0.39, 0.29) is 0 Å². The third-order valence-electron chi connectivity index (χ3n) is 3.23. The van der Waals surface area contributed by atoms with Gasteiger partial charge in [-0.05, 0) is 55.5 Å². The van der Waals surface area contributed by atoms with Gasteiger partial charge in [-0.15, -0.1) is 0 Å². The zero-order chi connectivity index (χ0) is 12.8. The molecule has 0 heterocycles. The van der Waals surface area contributed by atoms with Crippen LogP contribution in [-0.2, 0) is 11.2 Å². The Hall–Kier alpha value is -1.06. The lowest BCUT2D eigenvalue weighted by molar-refractivity contribution is 0.176. The first-order valence-electron chi connectivity index (χ1n) is 5.95. The molecule has 96 valence electrons. The molecule has 0 amide bonds. The van der Waals surface area contributed by atoms with Crippen LogP contribution in [0.4, 0.5) is 0 Å². The summed E-state index contributed by atoms with van der Waals surface area (Å²) in [7, 11) is 3.42. The molecule has 0 unspecified atom stereocenters. The topological polar surface area (TPSA) is 30.5 Å². The molecule has 1 rings (SSSR count). The molecule has 0 saturated heterocycles. The summed E-state index contributed by atoms with van der Waals surface area (Å²) < 4.78 is 10.3. The largest absolute Gasteiger partial charge is 0.496 e. The van der Waals surface area contributed by atoms with Crippen LogP contribution >= 0.6 is 0 Å². The van der Waals surface area contributed by atoms with Gasteiger partial charge in [-0.3, -0.25) is 5.32 Å². The zero-order valence-electron chi connectivity index (χ0n) is 11.5. The minimum Gasteiger partial charge on any atom is -0.496 e. The van der Waals surface area contributed by atoms with Crippen LogP contribution in [-0.4, -0.2) is 27.5 Å². The lowest BCUT2D eigenvalue weighted by Gasteiger charge is -2.16. The second-order valence-corrected chi connectivity index (χ2v) is 4.31. The maximum atomic E-state index is 5.37. The highest BCUT2D eigenvalue weighted by Crippen LogP contribution is 2.27. The molecule has 1 aromatic rings. The average molecular weight is 237 g/mol. The molecule has 0 bridgehead atoms. The Bertz CT molecular complexity index is 375. The van der Waals surface area contributed by atoms with Crippen LogP contribution < -0.4 is 10.1 Å². The van der Waals surface area contributed by atoms with Crippen molar-refractivity contribution >= 4 is 0 Å². The van der Waals surface area contributed by atoms with Gasteiger partial charge >= 0.3 is 0 Å². The summed E-state index contributed by atoms with van der Waals surface area (Å²) in [4.78, 5) is 0. The van der Waals surface area contributed by atoms with E-state index in [1.54, 1.807) is 14.2 Å². The molecule has 0 radical (unpaired) electrons. The van der Waals surface area contributed by atoms with Gasteiger partial charge in [-0.2, -0.15) is 0 Å². The van der Waals surface area contributed by atoms with Gasteiger partial charge in [-0.1, -0.05) is 0 Å². The van der Waals surface area contributed by atoms with E-state index >= 15 is 0 Å². The molecule has 0 atom stereocenters. The summed E-state index contributed by atoms with van der Waals surface area (Å²) >= 11 is 0. The van der Waals surface area contributed by atoms with Crippen molar-refractivity contribution in [3.8, 4) is 5.75 Å². The molecule has 17 heavy (non-hydrogen) atoms. The van der Waals surface area contributed by atoms with Crippen LogP contribution in [0.25, 0.3) is 0 Å². The van der Waals surface area contributed by atoms with Crippen molar-refractivity contribution in [3.63, 3.8) is 0 Å². The van der Waals surface area contributed by atoms with E-state index in [9.17, 15) is 0 Å². The zero-order valence-corrected chi connectivity index (χ0v) is 11.5. The number of hydrogen-bond acceptors (Lipinski definition) is 3. The van der Waals surface area contributed by atoms with Gasteiger partial charge in [0.2, 0.25) is 0 Å². The van der Waals surface area contributed by atoms with E-state index < -0.39 is 0 Å². The Kier molecular flexibility index (Phi) is 5.45. The van der Waals surface area contributed by atoms with E-state index in [1.807, 2.05) is 0 Å². The number of methoxy groups -OCH3 is 2. The van der Waals surface area contributed by atoms with Gasteiger partial charge < -0.3 is 9.47 Å². The van der Waals surface area contributed by atoms with Crippen molar-refractivity contribution in [2.75, 3.05) is 27.5 Å². The number of aryl methyl sites for hydroxylation is 1. The third-order valence-corrected chi connectivity index (χ3v) is 3.23. The van der Waals surface area contributed by atoms with Crippen LogP contribution in [0, 0.1) is 20.8 Å². The molecule has 0 spiro atoms. The van der Waals surface area contributed by atoms with Gasteiger partial charge in [0.15, 0.2) is 0 Å². The fraction of sp³-hybridized carbons (Fsp3) is 0.571. The number of benzene rings is 1. The SMILES string of the molecule is COCNCCc1c(C)cc(OC)c(C)c1C. The first-order valence-corrected chi connectivity index (χ1v) is 5.95. The van der Waals surface area contributed by atoms with Crippen molar-refractivity contribution in [2.24, 2.45) is 0 Å². The van der Waals surface area contributed by atoms with Crippen LogP contribution in [0.2, 0.25) is 0 Å². The summed E-state index contributed by atoms with van der Waals surface area (Å²) in [5.74, 6) is 0.980. The first kappa shape index (κ1) is 14.0. The van der Waals surface area contributed by atoms with E-state index in [0.717, 1.165) is 18.7 Å². The van der Waals surface area contributed by atoms with Gasteiger partial charge in [0.25, 0.3) is 0 Å². The minimum absolute atomic E-state index is 0.604. The van der Waals surface area contributed by atoms with E-state index in [4.69, 9.17) is 9.47 Å². The van der Waals surface area contributed by atoms with Crippen LogP contribution in [0.15, 0.2) is 6.07 Å². The summed E-state index contributed by atoms with van der Waals surface area (Å²) in [6, 6.07) is 2.12. The summed E-state index contributed by atoms with van der Waals surface area (Å²) in [6.45, 7) is 7.95. The predicted octanol–water partition coefficient (Wildman–Crippen LogP) is 2.36. The monoisotopic (exact) mass is 237 g/mol. The number of nitrogens with one attached hydrogen (secondary N) is 1. The highest BCUT2D eigenvalue weighted by molar-refractivity contribution is 5.48. The minimum atomic E-state index is 0.604. The molecule has 1 N–H and O–H groups in total. The van der Waals surface area contributed by atoms with Crippen LogP contribution in [0.1, 0.15) is 22.3 Å². The molecular formula is C14H23NO2. The molecule has 3 nitrogen and oxygen atoms in total. The lowest BCUT2D eigenvalue weighted by Crippen LogP contribution is -2.20. The Morgan fingerprint density at radius 3 is 2.41 bits per heavy atom. The second-order valence-electron chi connectivity index (χ2n) is 4.31. The lowest BCUT2D eigenvalue weighted by atomic mass is 9.95. The van der Waals surface area contributed by atoms with Gasteiger partial charge in [-0.25, -0.2) is 0 Å². The first-order chi connectivity index (χ1) is 8.11. The maximum Gasteiger partial charge on any atom is 0.122 e. The van der Waals surface area contributed by atoms with Crippen molar-refractivity contribution < 1.29 is 9.47 Å². The second kappa shape index (κ2) is 6.62. The van der Waals surface area contributed by atoms with E-state index in [2.05, 4.69) is 32.2 Å². The van der Waals surface area contributed by atoms with Crippen molar-refractivity contribution in [2.45, 2.75) is 27.2 Å². The molecule has 0 aliphatic carbocycles. The summed E-state index contributed by atoms with van der Waals surface area (Å²) in [6.07, 6.45) is 1.02. The molecule has 1 aromatic carbocycles. The highest BCUT2D eigenvalue weighted by atomic mass is 16.5. The normalized spacial score (nSPS) is 10.6. The Labute approximate surface area is 104 Å². The van der Waals surface area contributed by atoms with E-state index in [0.29, 0.717) is 6.73 Å². The molecule has 0 saturated carbocycles. The molecular weight excluding hydrogens is 214 g/mol. The van der Waals surface area contributed by atoms with Gasteiger partial charge in [0.1, 0.15) is 5.75 Å². The molecule has 3 heteroatoms. The van der Waals surface area contributed by atoms with Crippen molar-refractivity contribution in [1.29, 1.82) is 0 Å². The highest BCUT2D eigenvalue weighted by Gasteiger charge is 2.09. The molecule has 0 aliphatic heterocycles. The Morgan fingerprint density at radius 1 is 1.12 bits per heavy atom. The number of ether oxygens (including phenoxy) is 2. The average Bonchev–Trinajstić information content (AvgIpc) is 2.32. The molecule has 0 aliphatic rings. The summed E-state index contributed by atoms with van der Waals surface area (Å²) in [5.41, 5.74) is 5.27. The maximum absolute atomic E-state index is 5.37. The van der Waals surface area contributed by atoms with Crippen LogP contribution in [0.5, 0.6) is 5.75 Å². The number of rotatable bonds is 6. The van der Waals surface area contributed by atoms with Crippen molar-refractivity contribution in [1.82, 2.24) is 5.32 Å². The smallest absolute Gasteiger partial charge is 0.122 e. The quantitative estimate of drug-likeness (QED) is 0.608. The predicted molar refractivity (Wildman–Crippen MR) is 70.8 cm³/mol. The van der Waals surface area contributed by atoms with Crippen molar-refractivity contribution in [3.05, 3.63) is 28.3 Å².